The van der Waals surface area contributed by atoms with Crippen LogP contribution in [0.15, 0.2) is 36.7 Å². The van der Waals surface area contributed by atoms with Crippen molar-refractivity contribution in [2.45, 2.75) is 0 Å². The SMILES string of the molecule is NNc1cccc(C(=O)Nc2ccncc2F)c1[N+](=O)[O-]. The van der Waals surface area contributed by atoms with Crippen molar-refractivity contribution in [1.82, 2.24) is 4.98 Å². The summed E-state index contributed by atoms with van der Waals surface area (Å²) in [5, 5.41) is 13.3. The highest BCUT2D eigenvalue weighted by Crippen LogP contribution is 2.28. The number of hydrazine groups is 1. The van der Waals surface area contributed by atoms with Crippen molar-refractivity contribution in [3.05, 3.63) is 58.2 Å². The van der Waals surface area contributed by atoms with Crippen LogP contribution in [0.2, 0.25) is 0 Å². The molecule has 0 aliphatic carbocycles. The molecule has 0 bridgehead atoms. The second-order valence-electron chi connectivity index (χ2n) is 3.91. The van der Waals surface area contributed by atoms with E-state index in [-0.39, 0.29) is 16.9 Å². The average molecular weight is 291 g/mol. The third-order valence-corrected chi connectivity index (χ3v) is 2.64. The van der Waals surface area contributed by atoms with Gasteiger partial charge in [0.2, 0.25) is 0 Å². The van der Waals surface area contributed by atoms with Gasteiger partial charge in [0.25, 0.3) is 5.91 Å². The van der Waals surface area contributed by atoms with Gasteiger partial charge in [-0.3, -0.25) is 25.7 Å². The molecule has 4 N–H and O–H groups in total. The van der Waals surface area contributed by atoms with E-state index in [0.29, 0.717) is 0 Å². The van der Waals surface area contributed by atoms with Crippen molar-refractivity contribution >= 4 is 23.0 Å². The first-order valence-electron chi connectivity index (χ1n) is 5.69. The Balaban J connectivity index is 2.40. The summed E-state index contributed by atoms with van der Waals surface area (Å²) in [5.74, 6) is 3.60. The molecule has 0 aliphatic heterocycles. The van der Waals surface area contributed by atoms with Crippen molar-refractivity contribution in [2.75, 3.05) is 10.7 Å². The van der Waals surface area contributed by atoms with E-state index >= 15 is 0 Å². The summed E-state index contributed by atoms with van der Waals surface area (Å²) >= 11 is 0. The topological polar surface area (TPSA) is 123 Å². The van der Waals surface area contributed by atoms with Gasteiger partial charge in [0, 0.05) is 6.20 Å². The maximum absolute atomic E-state index is 13.4. The van der Waals surface area contributed by atoms with E-state index in [0.717, 1.165) is 6.20 Å². The van der Waals surface area contributed by atoms with Crippen molar-refractivity contribution in [3.63, 3.8) is 0 Å². The highest BCUT2D eigenvalue weighted by Gasteiger charge is 2.24. The fourth-order valence-electron chi connectivity index (χ4n) is 1.71. The third-order valence-electron chi connectivity index (χ3n) is 2.64. The van der Waals surface area contributed by atoms with E-state index in [1.54, 1.807) is 0 Å². The molecule has 1 aromatic carbocycles. The van der Waals surface area contributed by atoms with Gasteiger partial charge >= 0.3 is 5.69 Å². The number of carbonyl (C=O) groups excluding carboxylic acids is 1. The van der Waals surface area contributed by atoms with Gasteiger partial charge in [0.05, 0.1) is 16.8 Å². The van der Waals surface area contributed by atoms with Crippen LogP contribution >= 0.6 is 0 Å². The number of anilines is 2. The van der Waals surface area contributed by atoms with Crippen LogP contribution in [0, 0.1) is 15.9 Å². The zero-order chi connectivity index (χ0) is 15.4. The molecule has 2 rings (SSSR count). The quantitative estimate of drug-likeness (QED) is 0.447. The molecule has 21 heavy (non-hydrogen) atoms. The van der Waals surface area contributed by atoms with E-state index in [9.17, 15) is 19.3 Å². The molecule has 1 aromatic heterocycles. The number of nitrogens with one attached hydrogen (secondary N) is 2. The van der Waals surface area contributed by atoms with E-state index in [4.69, 9.17) is 5.84 Å². The Morgan fingerprint density at radius 1 is 1.33 bits per heavy atom. The Labute approximate surface area is 117 Å². The molecule has 1 heterocycles. The molecule has 0 spiro atoms. The number of nitro groups is 1. The normalized spacial score (nSPS) is 10.0. The van der Waals surface area contributed by atoms with Gasteiger partial charge in [-0.05, 0) is 18.2 Å². The Morgan fingerprint density at radius 3 is 2.71 bits per heavy atom. The van der Waals surface area contributed by atoms with Crippen molar-refractivity contribution < 1.29 is 14.1 Å². The molecular formula is C12H10FN5O3. The number of para-hydroxylation sites is 1. The minimum absolute atomic E-state index is 0.0251. The molecule has 0 atom stereocenters. The molecule has 2 aromatic rings. The second kappa shape index (κ2) is 5.92. The molecular weight excluding hydrogens is 281 g/mol. The molecule has 9 heteroatoms. The zero-order valence-electron chi connectivity index (χ0n) is 10.5. The largest absolute Gasteiger partial charge is 0.319 e. The number of amides is 1. The molecule has 0 saturated carbocycles. The summed E-state index contributed by atoms with van der Waals surface area (Å²) < 4.78 is 13.4. The fraction of sp³-hybridized carbons (Fsp3) is 0. The first-order chi connectivity index (χ1) is 10.0. The summed E-state index contributed by atoms with van der Waals surface area (Å²) in [6, 6.07) is 5.25. The molecule has 108 valence electrons. The lowest BCUT2D eigenvalue weighted by Crippen LogP contribution is -2.17. The van der Waals surface area contributed by atoms with Crippen LogP contribution in [0.1, 0.15) is 10.4 Å². The number of halogens is 1. The molecule has 1 amide bonds. The lowest BCUT2D eigenvalue weighted by molar-refractivity contribution is -0.384. The van der Waals surface area contributed by atoms with Gasteiger partial charge in [-0.15, -0.1) is 0 Å². The fourth-order valence-corrected chi connectivity index (χ4v) is 1.71. The van der Waals surface area contributed by atoms with Crippen LogP contribution < -0.4 is 16.6 Å². The van der Waals surface area contributed by atoms with Gasteiger partial charge in [0.1, 0.15) is 11.3 Å². The summed E-state index contributed by atoms with van der Waals surface area (Å²) in [6.45, 7) is 0. The predicted molar refractivity (Wildman–Crippen MR) is 73.1 cm³/mol. The number of rotatable bonds is 4. The predicted octanol–water partition coefficient (Wildman–Crippen LogP) is 1.67. The minimum atomic E-state index is -0.830. The number of nitro benzene ring substituents is 1. The number of nitrogens with two attached hydrogens (primary N) is 1. The minimum Gasteiger partial charge on any atom is -0.319 e. The summed E-state index contributed by atoms with van der Waals surface area (Å²) in [4.78, 5) is 26.0. The summed E-state index contributed by atoms with van der Waals surface area (Å²) in [5.41, 5.74) is 1.25. The Hall–Kier alpha value is -3.07. The Kier molecular flexibility index (Phi) is 4.05. The number of nitrogen functional groups attached to an aromatic ring is 1. The van der Waals surface area contributed by atoms with Gasteiger partial charge in [-0.2, -0.15) is 0 Å². The van der Waals surface area contributed by atoms with Crippen molar-refractivity contribution in [1.29, 1.82) is 0 Å². The summed E-state index contributed by atoms with van der Waals surface area (Å²) in [7, 11) is 0. The summed E-state index contributed by atoms with van der Waals surface area (Å²) in [6.07, 6.45) is 2.20. The van der Waals surface area contributed by atoms with Gasteiger partial charge in [0.15, 0.2) is 5.82 Å². The van der Waals surface area contributed by atoms with Gasteiger partial charge in [-0.25, -0.2) is 4.39 Å². The Bertz CT molecular complexity index is 707. The third kappa shape index (κ3) is 2.92. The van der Waals surface area contributed by atoms with Crippen LogP contribution in [0.25, 0.3) is 0 Å². The standard InChI is InChI=1S/C12H10FN5O3/c13-8-6-15-5-4-9(8)16-12(19)7-2-1-3-10(17-14)11(7)18(20)21/h1-6,17H,14H2,(H,15,16,19). The van der Waals surface area contributed by atoms with E-state index in [1.807, 2.05) is 0 Å². The molecule has 0 saturated heterocycles. The van der Waals surface area contributed by atoms with E-state index in [1.165, 1.54) is 30.5 Å². The first kappa shape index (κ1) is 14.3. The smallest absolute Gasteiger partial charge is 0.306 e. The van der Waals surface area contributed by atoms with Crippen LogP contribution in [0.5, 0.6) is 0 Å². The van der Waals surface area contributed by atoms with Crippen molar-refractivity contribution in [3.8, 4) is 0 Å². The average Bonchev–Trinajstić information content (AvgIpc) is 2.48. The number of hydrogen-bond donors (Lipinski definition) is 3. The highest BCUT2D eigenvalue weighted by molar-refractivity contribution is 6.08. The monoisotopic (exact) mass is 291 g/mol. The number of aromatic nitrogens is 1. The molecule has 0 fully saturated rings. The maximum atomic E-state index is 13.4. The zero-order valence-corrected chi connectivity index (χ0v) is 10.5. The molecule has 0 radical (unpaired) electrons. The highest BCUT2D eigenvalue weighted by atomic mass is 19.1. The number of hydrogen-bond acceptors (Lipinski definition) is 6. The van der Waals surface area contributed by atoms with Crippen LogP contribution in [-0.4, -0.2) is 15.8 Å². The first-order valence-corrected chi connectivity index (χ1v) is 5.69. The maximum Gasteiger partial charge on any atom is 0.306 e. The van der Waals surface area contributed by atoms with Gasteiger partial charge in [-0.1, -0.05) is 6.07 Å². The number of nitrogens with zero attached hydrogens (tertiary/aromatic N) is 2. The van der Waals surface area contributed by atoms with E-state index in [2.05, 4.69) is 15.7 Å². The van der Waals surface area contributed by atoms with Crippen LogP contribution in [-0.2, 0) is 0 Å². The molecule has 0 unspecified atom stereocenters. The van der Waals surface area contributed by atoms with E-state index < -0.39 is 22.3 Å². The van der Waals surface area contributed by atoms with Gasteiger partial charge < -0.3 is 10.7 Å². The number of benzene rings is 1. The van der Waals surface area contributed by atoms with Crippen LogP contribution in [0.3, 0.4) is 0 Å². The Morgan fingerprint density at radius 2 is 2.10 bits per heavy atom. The second-order valence-corrected chi connectivity index (χ2v) is 3.91. The van der Waals surface area contributed by atoms with Crippen molar-refractivity contribution in [2.24, 2.45) is 5.84 Å². The lowest BCUT2D eigenvalue weighted by atomic mass is 10.1. The van der Waals surface area contributed by atoms with Crippen LogP contribution in [0.4, 0.5) is 21.5 Å². The molecule has 0 aliphatic rings. The molecule has 8 nitrogen and oxygen atoms in total. The number of carbonyl (C=O) groups is 1. The number of pyridine rings is 1. The lowest BCUT2D eigenvalue weighted by Gasteiger charge is -2.08.